The summed E-state index contributed by atoms with van der Waals surface area (Å²) >= 11 is 0. The quantitative estimate of drug-likeness (QED) is 0.605. The maximum atomic E-state index is 13.0. The lowest BCUT2D eigenvalue weighted by Crippen LogP contribution is -2.36. The van der Waals surface area contributed by atoms with Crippen molar-refractivity contribution < 1.29 is 14.1 Å². The van der Waals surface area contributed by atoms with E-state index in [0.717, 1.165) is 16.9 Å². The highest BCUT2D eigenvalue weighted by Crippen LogP contribution is 2.20. The summed E-state index contributed by atoms with van der Waals surface area (Å²) in [7, 11) is 0. The third-order valence-corrected chi connectivity index (χ3v) is 4.35. The van der Waals surface area contributed by atoms with E-state index in [1.54, 1.807) is 29.2 Å². The Labute approximate surface area is 165 Å². The molecule has 0 saturated heterocycles. The SMILES string of the molecule is CCOc1ccc(C(=O)N(Cc2nc(-c3cccc(C)c3)no2)C(C)C)cc1. The van der Waals surface area contributed by atoms with Gasteiger partial charge >= 0.3 is 0 Å². The molecular formula is C22H25N3O3. The highest BCUT2D eigenvalue weighted by molar-refractivity contribution is 5.94. The van der Waals surface area contributed by atoms with Crippen LogP contribution in [0.15, 0.2) is 53.1 Å². The maximum absolute atomic E-state index is 13.0. The number of benzene rings is 2. The van der Waals surface area contributed by atoms with Gasteiger partial charge in [0.2, 0.25) is 11.7 Å². The van der Waals surface area contributed by atoms with E-state index < -0.39 is 0 Å². The van der Waals surface area contributed by atoms with Crippen molar-refractivity contribution in [1.82, 2.24) is 15.0 Å². The Hall–Kier alpha value is -3.15. The van der Waals surface area contributed by atoms with Crippen LogP contribution in [0, 0.1) is 6.92 Å². The van der Waals surface area contributed by atoms with Gasteiger partial charge in [-0.2, -0.15) is 4.98 Å². The second-order valence-corrected chi connectivity index (χ2v) is 6.87. The van der Waals surface area contributed by atoms with Gasteiger partial charge in [0, 0.05) is 17.2 Å². The molecule has 0 spiro atoms. The first kappa shape index (κ1) is 19.6. The fourth-order valence-electron chi connectivity index (χ4n) is 2.88. The summed E-state index contributed by atoms with van der Waals surface area (Å²) in [5.74, 6) is 1.59. The van der Waals surface area contributed by atoms with Crippen LogP contribution in [0.25, 0.3) is 11.4 Å². The fourth-order valence-corrected chi connectivity index (χ4v) is 2.88. The van der Waals surface area contributed by atoms with Crippen LogP contribution in [0.3, 0.4) is 0 Å². The van der Waals surface area contributed by atoms with Gasteiger partial charge in [-0.25, -0.2) is 0 Å². The predicted octanol–water partition coefficient (Wildman–Crippen LogP) is 4.49. The molecule has 6 nitrogen and oxygen atoms in total. The molecule has 3 rings (SSSR count). The molecule has 0 saturated carbocycles. The van der Waals surface area contributed by atoms with Crippen LogP contribution < -0.4 is 4.74 Å². The molecular weight excluding hydrogens is 354 g/mol. The molecule has 0 bridgehead atoms. The van der Waals surface area contributed by atoms with Crippen molar-refractivity contribution in [2.24, 2.45) is 0 Å². The minimum atomic E-state index is -0.0895. The molecule has 28 heavy (non-hydrogen) atoms. The molecule has 0 aliphatic carbocycles. The fraction of sp³-hybridized carbons (Fsp3) is 0.318. The molecule has 6 heteroatoms. The van der Waals surface area contributed by atoms with Gasteiger partial charge < -0.3 is 14.2 Å². The molecule has 3 aromatic rings. The summed E-state index contributed by atoms with van der Waals surface area (Å²) in [4.78, 5) is 19.2. The minimum Gasteiger partial charge on any atom is -0.494 e. The number of hydrogen-bond donors (Lipinski definition) is 0. The number of aromatic nitrogens is 2. The van der Waals surface area contributed by atoms with Gasteiger partial charge in [-0.3, -0.25) is 4.79 Å². The Morgan fingerprint density at radius 2 is 1.93 bits per heavy atom. The molecule has 2 aromatic carbocycles. The highest BCUT2D eigenvalue weighted by atomic mass is 16.5. The summed E-state index contributed by atoms with van der Waals surface area (Å²) in [6.45, 7) is 8.71. The summed E-state index contributed by atoms with van der Waals surface area (Å²) in [5, 5.41) is 4.06. The lowest BCUT2D eigenvalue weighted by atomic mass is 10.1. The molecule has 0 atom stereocenters. The zero-order chi connectivity index (χ0) is 20.1. The largest absolute Gasteiger partial charge is 0.494 e. The number of ether oxygens (including phenoxy) is 1. The van der Waals surface area contributed by atoms with Crippen molar-refractivity contribution in [2.75, 3.05) is 6.61 Å². The van der Waals surface area contributed by atoms with Crippen LogP contribution >= 0.6 is 0 Å². The van der Waals surface area contributed by atoms with E-state index >= 15 is 0 Å². The van der Waals surface area contributed by atoms with E-state index in [2.05, 4.69) is 10.1 Å². The first-order valence-electron chi connectivity index (χ1n) is 9.41. The average molecular weight is 379 g/mol. The Kier molecular flexibility index (Phi) is 6.09. The third-order valence-electron chi connectivity index (χ3n) is 4.35. The third kappa shape index (κ3) is 4.57. The molecule has 1 heterocycles. The van der Waals surface area contributed by atoms with Crippen molar-refractivity contribution in [1.29, 1.82) is 0 Å². The molecule has 0 unspecified atom stereocenters. The molecule has 0 fully saturated rings. The normalized spacial score (nSPS) is 10.9. The van der Waals surface area contributed by atoms with E-state index in [1.165, 1.54) is 0 Å². The van der Waals surface area contributed by atoms with Crippen LogP contribution in [-0.2, 0) is 6.54 Å². The van der Waals surface area contributed by atoms with Crippen LogP contribution in [0.4, 0.5) is 0 Å². The van der Waals surface area contributed by atoms with Crippen LogP contribution in [0.1, 0.15) is 42.6 Å². The maximum Gasteiger partial charge on any atom is 0.254 e. The van der Waals surface area contributed by atoms with Crippen molar-refractivity contribution in [2.45, 2.75) is 40.3 Å². The average Bonchev–Trinajstić information content (AvgIpc) is 3.15. The van der Waals surface area contributed by atoms with Crippen LogP contribution in [0.2, 0.25) is 0 Å². The standard InChI is InChI=1S/C22H25N3O3/c1-5-27-19-11-9-17(10-12-19)22(26)25(15(2)3)14-20-23-21(24-28-20)18-8-6-7-16(4)13-18/h6-13,15H,5,14H2,1-4H3. The second kappa shape index (κ2) is 8.69. The van der Waals surface area contributed by atoms with Gasteiger partial charge in [-0.15, -0.1) is 0 Å². The van der Waals surface area contributed by atoms with Gasteiger partial charge in [-0.1, -0.05) is 28.9 Å². The predicted molar refractivity (Wildman–Crippen MR) is 107 cm³/mol. The zero-order valence-electron chi connectivity index (χ0n) is 16.7. The topological polar surface area (TPSA) is 68.5 Å². The van der Waals surface area contributed by atoms with Crippen molar-refractivity contribution in [3.8, 4) is 17.1 Å². The van der Waals surface area contributed by atoms with Gasteiger partial charge in [0.25, 0.3) is 5.91 Å². The summed E-state index contributed by atoms with van der Waals surface area (Å²) in [5.41, 5.74) is 2.61. The zero-order valence-corrected chi connectivity index (χ0v) is 16.7. The first-order chi connectivity index (χ1) is 13.5. The molecule has 146 valence electrons. The highest BCUT2D eigenvalue weighted by Gasteiger charge is 2.22. The van der Waals surface area contributed by atoms with Crippen molar-refractivity contribution >= 4 is 5.91 Å². The second-order valence-electron chi connectivity index (χ2n) is 6.87. The Morgan fingerprint density at radius 1 is 1.18 bits per heavy atom. The van der Waals surface area contributed by atoms with E-state index in [-0.39, 0.29) is 18.5 Å². The number of rotatable bonds is 7. The Balaban J connectivity index is 1.77. The monoisotopic (exact) mass is 379 g/mol. The minimum absolute atomic E-state index is 0.0200. The number of aryl methyl sites for hydroxylation is 1. The lowest BCUT2D eigenvalue weighted by molar-refractivity contribution is 0.0667. The molecule has 0 radical (unpaired) electrons. The van der Waals surface area contributed by atoms with Crippen molar-refractivity contribution in [3.63, 3.8) is 0 Å². The van der Waals surface area contributed by atoms with E-state index in [9.17, 15) is 4.79 Å². The Bertz CT molecular complexity index is 932. The number of nitrogens with zero attached hydrogens (tertiary/aromatic N) is 3. The summed E-state index contributed by atoms with van der Waals surface area (Å²) in [6, 6.07) is 15.0. The number of carbonyl (C=O) groups is 1. The Morgan fingerprint density at radius 3 is 2.57 bits per heavy atom. The van der Waals surface area contributed by atoms with Gasteiger partial charge in [0.1, 0.15) is 12.3 Å². The lowest BCUT2D eigenvalue weighted by Gasteiger charge is -2.25. The molecule has 0 N–H and O–H groups in total. The first-order valence-corrected chi connectivity index (χ1v) is 9.41. The van der Waals surface area contributed by atoms with E-state index in [4.69, 9.17) is 9.26 Å². The molecule has 0 aliphatic rings. The summed E-state index contributed by atoms with van der Waals surface area (Å²) < 4.78 is 10.8. The van der Waals surface area contributed by atoms with E-state index in [0.29, 0.717) is 23.9 Å². The molecule has 0 aliphatic heterocycles. The number of carbonyl (C=O) groups excluding carboxylic acids is 1. The van der Waals surface area contributed by atoms with Crippen LogP contribution in [-0.4, -0.2) is 33.6 Å². The van der Waals surface area contributed by atoms with Gasteiger partial charge in [0.05, 0.1) is 6.61 Å². The van der Waals surface area contributed by atoms with Gasteiger partial charge in [-0.05, 0) is 58.0 Å². The molecule has 1 aromatic heterocycles. The summed E-state index contributed by atoms with van der Waals surface area (Å²) in [6.07, 6.45) is 0. The van der Waals surface area contributed by atoms with Gasteiger partial charge in [0.15, 0.2) is 0 Å². The van der Waals surface area contributed by atoms with E-state index in [1.807, 2.05) is 52.0 Å². The number of amides is 1. The van der Waals surface area contributed by atoms with Crippen LogP contribution in [0.5, 0.6) is 5.75 Å². The molecule has 1 amide bonds. The number of hydrogen-bond acceptors (Lipinski definition) is 5. The smallest absolute Gasteiger partial charge is 0.254 e. The van der Waals surface area contributed by atoms with Crippen molar-refractivity contribution in [3.05, 3.63) is 65.5 Å².